The quantitative estimate of drug-likeness (QED) is 0.618. The van der Waals surface area contributed by atoms with Crippen molar-refractivity contribution in [3.05, 3.63) is 27.8 Å². The normalized spacial score (nSPS) is 12.6. The first-order valence-corrected chi connectivity index (χ1v) is 6.95. The molecule has 0 radical (unpaired) electrons. The number of hydrogen-bond acceptors (Lipinski definition) is 6. The Morgan fingerprint density at radius 3 is 2.48 bits per heavy atom. The third kappa shape index (κ3) is 3.87. The monoisotopic (exact) mass is 324 g/mol. The number of carbonyl (C=O) groups excluding carboxylic acids is 1. The van der Waals surface area contributed by atoms with Gasteiger partial charge in [-0.05, 0) is 6.42 Å². The minimum Gasteiger partial charge on any atom is -0.486 e. The number of carboxylic acids is 1. The summed E-state index contributed by atoms with van der Waals surface area (Å²) in [6.45, 7) is 0.760. The summed E-state index contributed by atoms with van der Waals surface area (Å²) in [5.41, 5.74) is -0.485. The number of carboxylic acid groups (broad SMARTS) is 1. The van der Waals surface area contributed by atoms with Gasteiger partial charge in [-0.15, -0.1) is 0 Å². The number of ether oxygens (including phenoxy) is 2. The Morgan fingerprint density at radius 1 is 1.30 bits per heavy atom. The van der Waals surface area contributed by atoms with E-state index in [2.05, 4.69) is 0 Å². The highest BCUT2D eigenvalue weighted by Crippen LogP contribution is 2.37. The Balaban J connectivity index is 2.24. The second kappa shape index (κ2) is 6.95. The van der Waals surface area contributed by atoms with E-state index in [1.54, 1.807) is 0 Å². The van der Waals surface area contributed by atoms with Crippen molar-refractivity contribution in [2.45, 2.75) is 12.8 Å². The molecule has 9 heteroatoms. The topological polar surface area (TPSA) is 119 Å². The first-order valence-electron chi connectivity index (χ1n) is 6.95. The second-order valence-corrected chi connectivity index (χ2v) is 4.99. The smallest absolute Gasteiger partial charge is 0.303 e. The molecule has 1 aromatic carbocycles. The summed E-state index contributed by atoms with van der Waals surface area (Å²) in [4.78, 5) is 34.7. The van der Waals surface area contributed by atoms with E-state index < -0.39 is 16.8 Å². The van der Waals surface area contributed by atoms with Crippen LogP contribution in [0.15, 0.2) is 12.1 Å². The molecule has 124 valence electrons. The minimum atomic E-state index is -0.962. The molecular weight excluding hydrogens is 308 g/mol. The average Bonchev–Trinajstić information content (AvgIpc) is 2.52. The number of hydrogen-bond donors (Lipinski definition) is 1. The van der Waals surface area contributed by atoms with Crippen molar-refractivity contribution >= 4 is 17.6 Å². The van der Waals surface area contributed by atoms with Crippen molar-refractivity contribution in [2.24, 2.45) is 0 Å². The summed E-state index contributed by atoms with van der Waals surface area (Å²) in [6, 6.07) is 2.47. The van der Waals surface area contributed by atoms with Crippen LogP contribution in [0.2, 0.25) is 0 Å². The first kappa shape index (κ1) is 16.5. The molecule has 2 rings (SSSR count). The fourth-order valence-corrected chi connectivity index (χ4v) is 2.18. The highest BCUT2D eigenvalue weighted by Gasteiger charge is 2.28. The van der Waals surface area contributed by atoms with Crippen molar-refractivity contribution in [3.63, 3.8) is 0 Å². The number of nitro groups is 1. The van der Waals surface area contributed by atoms with E-state index in [1.807, 2.05) is 0 Å². The van der Waals surface area contributed by atoms with Gasteiger partial charge in [0, 0.05) is 26.1 Å². The molecule has 1 N–H and O–H groups in total. The van der Waals surface area contributed by atoms with E-state index in [0.717, 1.165) is 0 Å². The number of rotatable bonds is 6. The first-order chi connectivity index (χ1) is 10.9. The van der Waals surface area contributed by atoms with Crippen molar-refractivity contribution in [1.29, 1.82) is 0 Å². The van der Waals surface area contributed by atoms with Gasteiger partial charge >= 0.3 is 5.97 Å². The van der Waals surface area contributed by atoms with Crippen LogP contribution in [0.1, 0.15) is 23.2 Å². The SMILES string of the molecule is CN(CCCC(=O)O)C(=O)c1cc2c(cc1[N+](=O)[O-])OCCO2. The lowest BCUT2D eigenvalue weighted by atomic mass is 10.1. The highest BCUT2D eigenvalue weighted by atomic mass is 16.6. The molecule has 0 saturated carbocycles. The summed E-state index contributed by atoms with van der Waals surface area (Å²) >= 11 is 0. The number of nitro benzene ring substituents is 1. The summed E-state index contributed by atoms with van der Waals surface area (Å²) in [5, 5.41) is 19.8. The molecule has 0 fully saturated rings. The van der Waals surface area contributed by atoms with Gasteiger partial charge in [0.25, 0.3) is 11.6 Å². The van der Waals surface area contributed by atoms with Crippen molar-refractivity contribution in [2.75, 3.05) is 26.8 Å². The average molecular weight is 324 g/mol. The van der Waals surface area contributed by atoms with Gasteiger partial charge in [-0.3, -0.25) is 19.7 Å². The van der Waals surface area contributed by atoms with Gasteiger partial charge in [-0.1, -0.05) is 0 Å². The Bertz CT molecular complexity index is 644. The number of aliphatic carboxylic acids is 1. The number of nitrogens with zero attached hydrogens (tertiary/aromatic N) is 2. The van der Waals surface area contributed by atoms with E-state index in [4.69, 9.17) is 14.6 Å². The number of fused-ring (bicyclic) bond motifs is 1. The molecule has 1 amide bonds. The van der Waals surface area contributed by atoms with Gasteiger partial charge < -0.3 is 19.5 Å². The molecule has 1 aromatic rings. The molecule has 0 spiro atoms. The number of carbonyl (C=O) groups is 2. The molecule has 1 aliphatic rings. The molecule has 0 unspecified atom stereocenters. The number of amides is 1. The maximum atomic E-state index is 12.4. The Labute approximate surface area is 131 Å². The van der Waals surface area contributed by atoms with Crippen LogP contribution >= 0.6 is 0 Å². The molecular formula is C14H16N2O7. The van der Waals surface area contributed by atoms with E-state index in [-0.39, 0.29) is 48.7 Å². The van der Waals surface area contributed by atoms with Gasteiger partial charge in [0.1, 0.15) is 18.8 Å². The van der Waals surface area contributed by atoms with Crippen LogP contribution in [0.25, 0.3) is 0 Å². The third-order valence-corrected chi connectivity index (χ3v) is 3.32. The summed E-state index contributed by atoms with van der Waals surface area (Å²) in [5.74, 6) is -1.02. The molecule has 0 aliphatic carbocycles. The molecule has 0 bridgehead atoms. The molecule has 23 heavy (non-hydrogen) atoms. The van der Waals surface area contributed by atoms with Crippen molar-refractivity contribution in [1.82, 2.24) is 4.90 Å². The standard InChI is InChI=1S/C14H16N2O7/c1-15(4-2-3-13(17)18)14(19)9-7-11-12(23-6-5-22-11)8-10(9)16(20)21/h7-8H,2-6H2,1H3,(H,17,18). The maximum Gasteiger partial charge on any atom is 0.303 e. The lowest BCUT2D eigenvalue weighted by molar-refractivity contribution is -0.385. The second-order valence-electron chi connectivity index (χ2n) is 4.99. The van der Waals surface area contributed by atoms with Gasteiger partial charge in [0.15, 0.2) is 11.5 Å². The molecule has 0 atom stereocenters. The molecule has 1 aliphatic heterocycles. The molecule has 1 heterocycles. The number of benzene rings is 1. The fourth-order valence-electron chi connectivity index (χ4n) is 2.18. The molecule has 9 nitrogen and oxygen atoms in total. The predicted octanol–water partition coefficient (Wildman–Crippen LogP) is 1.30. The Kier molecular flexibility index (Phi) is 4.99. The fraction of sp³-hybridized carbons (Fsp3) is 0.429. The largest absolute Gasteiger partial charge is 0.486 e. The summed E-state index contributed by atoms with van der Waals surface area (Å²) < 4.78 is 10.6. The van der Waals surface area contributed by atoms with Crippen molar-refractivity contribution in [3.8, 4) is 11.5 Å². The Hall–Kier alpha value is -2.84. The predicted molar refractivity (Wildman–Crippen MR) is 77.9 cm³/mol. The maximum absolute atomic E-state index is 12.4. The van der Waals surface area contributed by atoms with Gasteiger partial charge in [0.05, 0.1) is 11.0 Å². The van der Waals surface area contributed by atoms with Crippen LogP contribution in [0.5, 0.6) is 11.5 Å². The highest BCUT2D eigenvalue weighted by molar-refractivity contribution is 5.99. The Morgan fingerprint density at radius 2 is 1.91 bits per heavy atom. The zero-order valence-electron chi connectivity index (χ0n) is 12.5. The van der Waals surface area contributed by atoms with Crippen LogP contribution in [0.3, 0.4) is 0 Å². The van der Waals surface area contributed by atoms with Gasteiger partial charge in [-0.2, -0.15) is 0 Å². The van der Waals surface area contributed by atoms with E-state index in [9.17, 15) is 19.7 Å². The van der Waals surface area contributed by atoms with Crippen LogP contribution in [0, 0.1) is 10.1 Å². The lowest BCUT2D eigenvalue weighted by Crippen LogP contribution is -2.29. The van der Waals surface area contributed by atoms with E-state index >= 15 is 0 Å². The third-order valence-electron chi connectivity index (χ3n) is 3.32. The van der Waals surface area contributed by atoms with Crippen LogP contribution < -0.4 is 9.47 Å². The minimum absolute atomic E-state index is 0.0825. The lowest BCUT2D eigenvalue weighted by Gasteiger charge is -2.21. The summed E-state index contributed by atoms with van der Waals surface area (Å²) in [6.07, 6.45) is 0.177. The summed E-state index contributed by atoms with van der Waals surface area (Å²) in [7, 11) is 1.46. The van der Waals surface area contributed by atoms with Gasteiger partial charge in [-0.25, -0.2) is 0 Å². The van der Waals surface area contributed by atoms with Crippen LogP contribution in [0.4, 0.5) is 5.69 Å². The van der Waals surface area contributed by atoms with E-state index in [1.165, 1.54) is 24.1 Å². The van der Waals surface area contributed by atoms with Crippen molar-refractivity contribution < 1.29 is 29.1 Å². The van der Waals surface area contributed by atoms with Crippen LogP contribution in [-0.4, -0.2) is 53.6 Å². The molecule has 0 aromatic heterocycles. The zero-order valence-corrected chi connectivity index (χ0v) is 12.5. The van der Waals surface area contributed by atoms with Crippen LogP contribution in [-0.2, 0) is 4.79 Å². The molecule has 0 saturated heterocycles. The van der Waals surface area contributed by atoms with Gasteiger partial charge in [0.2, 0.25) is 0 Å². The zero-order chi connectivity index (χ0) is 17.0. The van der Waals surface area contributed by atoms with E-state index in [0.29, 0.717) is 6.61 Å².